The van der Waals surface area contributed by atoms with Crippen LogP contribution in [0.1, 0.15) is 24.4 Å². The van der Waals surface area contributed by atoms with Crippen molar-refractivity contribution in [2.24, 2.45) is 0 Å². The van der Waals surface area contributed by atoms with Gasteiger partial charge >= 0.3 is 6.36 Å². The molecule has 0 aliphatic rings. The van der Waals surface area contributed by atoms with E-state index in [1.807, 2.05) is 11.5 Å². The summed E-state index contributed by atoms with van der Waals surface area (Å²) in [5.74, 6) is 0.529. The number of halogens is 3. The van der Waals surface area contributed by atoms with Crippen molar-refractivity contribution in [3.8, 4) is 5.75 Å². The highest BCUT2D eigenvalue weighted by atomic mass is 19.4. The second-order valence-corrected chi connectivity index (χ2v) is 4.48. The molecule has 0 amide bonds. The molecule has 1 heterocycles. The summed E-state index contributed by atoms with van der Waals surface area (Å²) in [6.07, 6.45) is -1.41. The Bertz CT molecular complexity index is 579. The maximum absolute atomic E-state index is 12.1. The lowest BCUT2D eigenvalue weighted by atomic mass is 10.1. The molecule has 4 nitrogen and oxygen atoms in total. The van der Waals surface area contributed by atoms with Gasteiger partial charge in [-0.15, -0.1) is 13.2 Å². The molecule has 0 saturated heterocycles. The van der Waals surface area contributed by atoms with Crippen molar-refractivity contribution in [3.05, 3.63) is 48.0 Å². The van der Waals surface area contributed by atoms with Crippen LogP contribution in [0.4, 0.5) is 13.2 Å². The van der Waals surface area contributed by atoms with E-state index in [4.69, 9.17) is 0 Å². The van der Waals surface area contributed by atoms with Gasteiger partial charge in [0, 0.05) is 18.8 Å². The number of hydrogen-bond acceptors (Lipinski definition) is 3. The molecule has 0 spiro atoms. The summed E-state index contributed by atoms with van der Waals surface area (Å²) in [7, 11) is 0. The Hall–Kier alpha value is -2.02. The quantitative estimate of drug-likeness (QED) is 0.923. The minimum Gasteiger partial charge on any atom is -0.406 e. The lowest BCUT2D eigenvalue weighted by Gasteiger charge is -2.14. The van der Waals surface area contributed by atoms with Crippen molar-refractivity contribution in [3.63, 3.8) is 0 Å². The zero-order valence-corrected chi connectivity index (χ0v) is 11.3. The number of aryl methyl sites for hydroxylation is 1. The van der Waals surface area contributed by atoms with Gasteiger partial charge in [-0.2, -0.15) is 0 Å². The number of benzene rings is 1. The number of alkyl halides is 3. The highest BCUT2D eigenvalue weighted by Gasteiger charge is 2.31. The molecule has 0 bridgehead atoms. The number of imidazole rings is 1. The minimum absolute atomic E-state index is 0.294. The third kappa shape index (κ3) is 4.22. The van der Waals surface area contributed by atoms with Gasteiger partial charge in [0.1, 0.15) is 11.6 Å². The van der Waals surface area contributed by atoms with Crippen LogP contribution in [0.3, 0.4) is 0 Å². The second kappa shape index (κ2) is 6.17. The van der Waals surface area contributed by atoms with E-state index in [-0.39, 0.29) is 5.75 Å². The van der Waals surface area contributed by atoms with E-state index in [2.05, 4.69) is 9.72 Å². The van der Waals surface area contributed by atoms with Crippen LogP contribution in [0.15, 0.2) is 36.7 Å². The Kier molecular flexibility index (Phi) is 4.52. The molecule has 0 fully saturated rings. The van der Waals surface area contributed by atoms with Crippen LogP contribution in [-0.4, -0.2) is 21.0 Å². The average molecular weight is 300 g/mol. The number of ether oxygens (including phenoxy) is 1. The molecule has 0 aliphatic carbocycles. The number of rotatable bonds is 5. The molecule has 114 valence electrons. The number of nitrogens with zero attached hydrogens (tertiary/aromatic N) is 2. The van der Waals surface area contributed by atoms with E-state index in [0.717, 1.165) is 12.2 Å². The summed E-state index contributed by atoms with van der Waals surface area (Å²) in [4.78, 5) is 4.14. The van der Waals surface area contributed by atoms with Gasteiger partial charge in [-0.3, -0.25) is 0 Å². The first-order valence-electron chi connectivity index (χ1n) is 6.43. The fourth-order valence-corrected chi connectivity index (χ4v) is 2.00. The van der Waals surface area contributed by atoms with Crippen molar-refractivity contribution in [2.45, 2.75) is 32.4 Å². The standard InChI is InChI=1S/C14H15F3N2O2/c1-2-13-18-7-8-19(13)9-12(20)10-3-5-11(6-4-10)21-14(15,16)17/h3-8,12,20H,2,9H2,1H3. The van der Waals surface area contributed by atoms with Crippen molar-refractivity contribution < 1.29 is 23.0 Å². The molecule has 1 unspecified atom stereocenters. The monoisotopic (exact) mass is 300 g/mol. The van der Waals surface area contributed by atoms with Gasteiger partial charge in [-0.05, 0) is 17.7 Å². The highest BCUT2D eigenvalue weighted by molar-refractivity contribution is 5.28. The number of hydrogen-bond donors (Lipinski definition) is 1. The highest BCUT2D eigenvalue weighted by Crippen LogP contribution is 2.25. The largest absolute Gasteiger partial charge is 0.573 e. The predicted octanol–water partition coefficient (Wildman–Crippen LogP) is 3.08. The summed E-state index contributed by atoms with van der Waals surface area (Å²) in [6.45, 7) is 2.25. The van der Waals surface area contributed by atoms with E-state index >= 15 is 0 Å². The average Bonchev–Trinajstić information content (AvgIpc) is 2.85. The summed E-state index contributed by atoms with van der Waals surface area (Å²) >= 11 is 0. The van der Waals surface area contributed by atoms with Gasteiger partial charge in [0.25, 0.3) is 0 Å². The second-order valence-electron chi connectivity index (χ2n) is 4.48. The summed E-state index contributed by atoms with van der Waals surface area (Å²) in [5, 5.41) is 10.1. The minimum atomic E-state index is -4.72. The van der Waals surface area contributed by atoms with E-state index < -0.39 is 12.5 Å². The molecular weight excluding hydrogens is 285 g/mol. The molecule has 2 rings (SSSR count). The summed E-state index contributed by atoms with van der Waals surface area (Å²) in [5.41, 5.74) is 0.514. The maximum atomic E-state index is 12.1. The van der Waals surface area contributed by atoms with Gasteiger partial charge in [-0.25, -0.2) is 4.98 Å². The fourth-order valence-electron chi connectivity index (χ4n) is 2.00. The van der Waals surface area contributed by atoms with E-state index in [1.165, 1.54) is 24.3 Å². The molecule has 1 aromatic carbocycles. The van der Waals surface area contributed by atoms with E-state index in [1.54, 1.807) is 12.4 Å². The third-order valence-corrected chi connectivity index (χ3v) is 2.99. The Balaban J connectivity index is 2.04. The van der Waals surface area contributed by atoms with Crippen LogP contribution in [0.2, 0.25) is 0 Å². The number of aliphatic hydroxyl groups excluding tert-OH is 1. The summed E-state index contributed by atoms with van der Waals surface area (Å²) in [6, 6.07) is 5.18. The fraction of sp³-hybridized carbons (Fsp3) is 0.357. The predicted molar refractivity (Wildman–Crippen MR) is 69.7 cm³/mol. The Morgan fingerprint density at radius 3 is 2.52 bits per heavy atom. The van der Waals surface area contributed by atoms with Crippen LogP contribution in [0, 0.1) is 0 Å². The molecule has 0 aliphatic heterocycles. The van der Waals surface area contributed by atoms with Crippen LogP contribution in [0.5, 0.6) is 5.75 Å². The normalized spacial score (nSPS) is 13.2. The van der Waals surface area contributed by atoms with Crippen LogP contribution in [0.25, 0.3) is 0 Å². The molecule has 7 heteroatoms. The molecule has 0 saturated carbocycles. The van der Waals surface area contributed by atoms with Crippen LogP contribution in [-0.2, 0) is 13.0 Å². The molecule has 1 N–H and O–H groups in total. The topological polar surface area (TPSA) is 47.3 Å². The summed E-state index contributed by atoms with van der Waals surface area (Å²) < 4.78 is 41.8. The van der Waals surface area contributed by atoms with Gasteiger partial charge in [0.2, 0.25) is 0 Å². The first-order chi connectivity index (χ1) is 9.89. The van der Waals surface area contributed by atoms with Gasteiger partial charge in [-0.1, -0.05) is 19.1 Å². The lowest BCUT2D eigenvalue weighted by molar-refractivity contribution is -0.274. The maximum Gasteiger partial charge on any atom is 0.573 e. The number of aromatic nitrogens is 2. The SMILES string of the molecule is CCc1nccn1CC(O)c1ccc(OC(F)(F)F)cc1. The van der Waals surface area contributed by atoms with Crippen LogP contribution < -0.4 is 4.74 Å². The lowest BCUT2D eigenvalue weighted by Crippen LogP contribution is -2.17. The molecule has 21 heavy (non-hydrogen) atoms. The number of aliphatic hydroxyl groups is 1. The van der Waals surface area contributed by atoms with E-state index in [9.17, 15) is 18.3 Å². The van der Waals surface area contributed by atoms with Crippen molar-refractivity contribution in [1.29, 1.82) is 0 Å². The molecule has 2 aromatic rings. The van der Waals surface area contributed by atoms with Crippen molar-refractivity contribution >= 4 is 0 Å². The van der Waals surface area contributed by atoms with Gasteiger partial charge in [0.15, 0.2) is 0 Å². The van der Waals surface area contributed by atoms with Crippen molar-refractivity contribution in [2.75, 3.05) is 0 Å². The van der Waals surface area contributed by atoms with Gasteiger partial charge in [0.05, 0.1) is 12.6 Å². The Labute approximate surface area is 119 Å². The molecule has 1 atom stereocenters. The third-order valence-electron chi connectivity index (χ3n) is 2.99. The molecule has 1 aromatic heterocycles. The Morgan fingerprint density at radius 2 is 1.95 bits per heavy atom. The molecular formula is C14H15F3N2O2. The van der Waals surface area contributed by atoms with E-state index in [0.29, 0.717) is 12.1 Å². The first kappa shape index (κ1) is 15.4. The Morgan fingerprint density at radius 1 is 1.29 bits per heavy atom. The first-order valence-corrected chi connectivity index (χ1v) is 6.43. The zero-order chi connectivity index (χ0) is 15.5. The smallest absolute Gasteiger partial charge is 0.406 e. The van der Waals surface area contributed by atoms with Crippen molar-refractivity contribution in [1.82, 2.24) is 9.55 Å². The van der Waals surface area contributed by atoms with Gasteiger partial charge < -0.3 is 14.4 Å². The zero-order valence-electron chi connectivity index (χ0n) is 11.3. The molecule has 0 radical (unpaired) electrons. The van der Waals surface area contributed by atoms with Crippen LogP contribution >= 0.6 is 0 Å².